The van der Waals surface area contributed by atoms with Gasteiger partial charge in [-0.15, -0.1) is 0 Å². The molecule has 0 bridgehead atoms. The molecule has 1 aromatic rings. The van der Waals surface area contributed by atoms with Crippen LogP contribution >= 0.6 is 0 Å². The van der Waals surface area contributed by atoms with E-state index >= 15 is 0 Å². The number of Topliss-reactive ketones (excluding diaryl/α,β-unsaturated/α-hetero) is 1. The zero-order valence-electron chi connectivity index (χ0n) is 25.8. The minimum Gasteiger partial charge on any atom is -0.462 e. The highest BCUT2D eigenvalue weighted by atomic mass is 16.6. The number of carbonyl (C=O) groups excluding carboxylic acids is 5. The second kappa shape index (κ2) is 11.9. The number of rotatable bonds is 7. The van der Waals surface area contributed by atoms with Gasteiger partial charge in [-0.25, -0.2) is 4.79 Å². The minimum absolute atomic E-state index is 0.125. The van der Waals surface area contributed by atoms with E-state index in [1.54, 1.807) is 38.1 Å². The highest BCUT2D eigenvalue weighted by Gasteiger charge is 2.78. The third-order valence-corrected chi connectivity index (χ3v) is 9.35. The lowest BCUT2D eigenvalue weighted by Gasteiger charge is -2.55. The number of aliphatic hydroxyl groups is 2. The maximum Gasteiger partial charge on any atom is 0.338 e. The highest BCUT2D eigenvalue weighted by molar-refractivity contribution is 5.98. The van der Waals surface area contributed by atoms with E-state index in [0.717, 1.165) is 13.8 Å². The molecule has 2 fully saturated rings. The monoisotopic (exact) mass is 612 g/mol. The number of ether oxygens (including phenoxy) is 4. The van der Waals surface area contributed by atoms with Gasteiger partial charge in [-0.05, 0) is 38.0 Å². The Bertz CT molecular complexity index is 1380. The third-order valence-electron chi connectivity index (χ3n) is 9.35. The molecule has 44 heavy (non-hydrogen) atoms. The fourth-order valence-corrected chi connectivity index (χ4v) is 7.94. The molecule has 0 saturated heterocycles. The standard InChI is InChI=1S/C33H40O11/c1-17(2)23-13-14-24(41-19(4)35)32(16-34)27(23)31(7,40)30(39)33(44-21(6)37)15-18(3)26(42-20(5)36)25(33)28(32)43-29(38)22-11-9-8-10-12-22/h8-14,18,23-28,34,40H,1,15-16H2,2-7H3/t18-,23+,24+,25+,26-,27-,28+,31-,32+,33+/m0/s1. The highest BCUT2D eigenvalue weighted by Crippen LogP contribution is 2.63. The number of carbonyl (C=O) groups is 5. The molecule has 4 rings (SSSR count). The first-order valence-electron chi connectivity index (χ1n) is 14.6. The van der Waals surface area contributed by atoms with E-state index < -0.39 is 94.9 Å². The maximum atomic E-state index is 14.8. The summed E-state index contributed by atoms with van der Waals surface area (Å²) in [6, 6.07) is 7.94. The van der Waals surface area contributed by atoms with Crippen LogP contribution in [-0.2, 0) is 38.1 Å². The molecule has 0 aliphatic heterocycles. The van der Waals surface area contributed by atoms with Gasteiger partial charge in [0, 0.05) is 39.0 Å². The third kappa shape index (κ3) is 5.26. The van der Waals surface area contributed by atoms with Crippen LogP contribution in [0.15, 0.2) is 54.6 Å². The summed E-state index contributed by atoms with van der Waals surface area (Å²) in [6.07, 6.45) is -1.21. The number of benzene rings is 1. The predicted molar refractivity (Wildman–Crippen MR) is 155 cm³/mol. The molecule has 11 nitrogen and oxygen atoms in total. The van der Waals surface area contributed by atoms with Crippen LogP contribution in [0.5, 0.6) is 0 Å². The normalized spacial score (nSPS) is 37.5. The van der Waals surface area contributed by atoms with E-state index in [4.69, 9.17) is 18.9 Å². The Morgan fingerprint density at radius 3 is 2.09 bits per heavy atom. The van der Waals surface area contributed by atoms with Crippen LogP contribution in [0.25, 0.3) is 0 Å². The molecule has 3 aliphatic rings. The number of ketones is 1. The van der Waals surface area contributed by atoms with Crippen LogP contribution in [0.1, 0.15) is 58.3 Å². The Morgan fingerprint density at radius 2 is 1.57 bits per heavy atom. The smallest absolute Gasteiger partial charge is 0.338 e. The molecule has 0 heterocycles. The van der Waals surface area contributed by atoms with Gasteiger partial charge >= 0.3 is 23.9 Å². The molecule has 0 unspecified atom stereocenters. The van der Waals surface area contributed by atoms with Gasteiger partial charge in [0.15, 0.2) is 5.60 Å². The van der Waals surface area contributed by atoms with E-state index in [0.29, 0.717) is 5.57 Å². The molecule has 11 heteroatoms. The van der Waals surface area contributed by atoms with Crippen molar-refractivity contribution in [2.45, 2.75) is 77.5 Å². The zero-order chi connectivity index (χ0) is 32.8. The van der Waals surface area contributed by atoms with E-state index in [2.05, 4.69) is 6.58 Å². The fourth-order valence-electron chi connectivity index (χ4n) is 7.94. The van der Waals surface area contributed by atoms with Gasteiger partial charge in [0.2, 0.25) is 5.78 Å². The fraction of sp³-hybridized carbons (Fsp3) is 0.545. The molecule has 1 aromatic carbocycles. The Balaban J connectivity index is 2.15. The van der Waals surface area contributed by atoms with Gasteiger partial charge in [-0.3, -0.25) is 19.2 Å². The molecule has 3 aliphatic carbocycles. The summed E-state index contributed by atoms with van der Waals surface area (Å²) < 4.78 is 23.7. The second-order valence-corrected chi connectivity index (χ2v) is 12.5. The number of esters is 4. The van der Waals surface area contributed by atoms with Crippen LogP contribution in [-0.4, -0.2) is 76.0 Å². The van der Waals surface area contributed by atoms with Gasteiger partial charge in [-0.1, -0.05) is 43.4 Å². The average molecular weight is 613 g/mol. The number of hydrogen-bond donors (Lipinski definition) is 2. The molecule has 0 radical (unpaired) electrons. The number of fused-ring (bicyclic) bond motifs is 2. The average Bonchev–Trinajstić information content (AvgIpc) is 3.18. The summed E-state index contributed by atoms with van der Waals surface area (Å²) in [5.41, 5.74) is -5.87. The van der Waals surface area contributed by atoms with Crippen molar-refractivity contribution in [3.63, 3.8) is 0 Å². The molecule has 2 saturated carbocycles. The molecular weight excluding hydrogens is 572 g/mol. The summed E-state index contributed by atoms with van der Waals surface area (Å²) in [5, 5.41) is 23.9. The summed E-state index contributed by atoms with van der Waals surface area (Å²) in [5.74, 6) is -8.30. The molecule has 10 atom stereocenters. The van der Waals surface area contributed by atoms with Gasteiger partial charge in [0.05, 0.1) is 23.5 Å². The topological polar surface area (TPSA) is 163 Å². The van der Waals surface area contributed by atoms with Gasteiger partial charge in [-0.2, -0.15) is 0 Å². The molecular formula is C33H40O11. The lowest BCUT2D eigenvalue weighted by atomic mass is 9.53. The van der Waals surface area contributed by atoms with E-state index in [9.17, 15) is 34.2 Å². The van der Waals surface area contributed by atoms with Crippen molar-refractivity contribution in [1.82, 2.24) is 0 Å². The van der Waals surface area contributed by atoms with Crippen LogP contribution in [0, 0.1) is 29.1 Å². The van der Waals surface area contributed by atoms with E-state index in [-0.39, 0.29) is 12.0 Å². The van der Waals surface area contributed by atoms with Crippen molar-refractivity contribution in [2.24, 2.45) is 29.1 Å². The first-order valence-corrected chi connectivity index (χ1v) is 14.6. The quantitative estimate of drug-likeness (QED) is 0.264. The SMILES string of the molecule is C=C(C)[C@H]1C=C[C@@H](OC(C)=O)[C@@]2(CO)[C@H](OC(=O)c3ccccc3)[C@H]3[C@@H](OC(C)=O)[C@@H](C)C[C@]3(OC(C)=O)C(=O)[C@@](C)(O)[C@H]12. The van der Waals surface area contributed by atoms with Crippen molar-refractivity contribution in [3.05, 3.63) is 60.2 Å². The molecule has 0 spiro atoms. The lowest BCUT2D eigenvalue weighted by molar-refractivity contribution is -0.208. The number of aliphatic hydroxyl groups excluding tert-OH is 1. The van der Waals surface area contributed by atoms with Crippen LogP contribution < -0.4 is 0 Å². The minimum atomic E-state index is -2.39. The zero-order valence-corrected chi connectivity index (χ0v) is 25.8. The Hall–Kier alpha value is -3.83. The van der Waals surface area contributed by atoms with Crippen molar-refractivity contribution in [2.75, 3.05) is 6.61 Å². The number of allylic oxidation sites excluding steroid dienone is 2. The van der Waals surface area contributed by atoms with Crippen molar-refractivity contribution >= 4 is 29.7 Å². The molecule has 238 valence electrons. The predicted octanol–water partition coefficient (Wildman–Crippen LogP) is 2.72. The molecule has 0 amide bonds. The van der Waals surface area contributed by atoms with Gasteiger partial charge in [0.25, 0.3) is 0 Å². The summed E-state index contributed by atoms with van der Waals surface area (Å²) in [6.45, 7) is 11.2. The van der Waals surface area contributed by atoms with E-state index in [1.165, 1.54) is 32.1 Å². The summed E-state index contributed by atoms with van der Waals surface area (Å²) in [7, 11) is 0. The van der Waals surface area contributed by atoms with Crippen LogP contribution in [0.3, 0.4) is 0 Å². The Kier molecular flexibility index (Phi) is 8.97. The van der Waals surface area contributed by atoms with Crippen molar-refractivity contribution in [3.8, 4) is 0 Å². The van der Waals surface area contributed by atoms with Gasteiger partial charge < -0.3 is 29.2 Å². The first kappa shape index (κ1) is 33.1. The molecule has 0 aromatic heterocycles. The lowest BCUT2D eigenvalue weighted by Crippen LogP contribution is -2.65. The Labute approximate surface area is 256 Å². The summed E-state index contributed by atoms with van der Waals surface area (Å²) >= 11 is 0. The van der Waals surface area contributed by atoms with Crippen molar-refractivity contribution in [1.29, 1.82) is 0 Å². The second-order valence-electron chi connectivity index (χ2n) is 12.5. The number of hydrogen-bond acceptors (Lipinski definition) is 11. The van der Waals surface area contributed by atoms with E-state index in [1.807, 2.05) is 0 Å². The Morgan fingerprint density at radius 1 is 0.955 bits per heavy atom. The van der Waals surface area contributed by atoms with Crippen LogP contribution in [0.2, 0.25) is 0 Å². The first-order chi connectivity index (χ1) is 20.5. The largest absolute Gasteiger partial charge is 0.462 e. The maximum absolute atomic E-state index is 14.8. The van der Waals surface area contributed by atoms with Crippen molar-refractivity contribution < 1.29 is 53.1 Å². The van der Waals surface area contributed by atoms with Gasteiger partial charge in [0.1, 0.15) is 23.9 Å². The molecule has 2 N–H and O–H groups in total. The summed E-state index contributed by atoms with van der Waals surface area (Å²) in [4.78, 5) is 66.4. The van der Waals surface area contributed by atoms with Crippen LogP contribution in [0.4, 0.5) is 0 Å².